The molecule has 6 aromatic carbocycles. The minimum Gasteiger partial charge on any atom is -1.00 e. The number of benzene rings is 6. The number of alkyl halides is 1. The number of carbonyl (C=O) groups is 10. The molecule has 0 aromatic heterocycles. The van der Waals surface area contributed by atoms with Gasteiger partial charge in [0.05, 0.1) is 26.9 Å². The quantitative estimate of drug-likeness (QED) is 0.00414. The molecule has 3 unspecified atom stereocenters. The Morgan fingerprint density at radius 3 is 1.12 bits per heavy atom. The molecule has 2 aliphatic heterocycles. The molecule has 39 heteroatoms. The van der Waals surface area contributed by atoms with Crippen molar-refractivity contribution in [2.24, 2.45) is 5.73 Å². The number of nitrogens with two attached hydrogens (primary N) is 1. The monoisotopic (exact) mass is 2170 g/mol. The van der Waals surface area contributed by atoms with Crippen molar-refractivity contribution in [1.29, 1.82) is 0 Å². The minimum atomic E-state index is -1.04. The van der Waals surface area contributed by atoms with Gasteiger partial charge in [0.15, 0.2) is 17.3 Å². The number of aliphatic hydroxyl groups excluding tert-OH is 1. The summed E-state index contributed by atoms with van der Waals surface area (Å²) in [7, 11) is 3.93. The first kappa shape index (κ1) is 162. The van der Waals surface area contributed by atoms with Gasteiger partial charge in [0, 0.05) is 154 Å². The number of hydrogen-bond donors (Lipinski definition) is 6. The number of cyclic esters (lactones) is 2. The number of aliphatic hydroxyl groups is 2. The van der Waals surface area contributed by atoms with Crippen LogP contribution in [0.3, 0.4) is 0 Å². The van der Waals surface area contributed by atoms with E-state index in [2.05, 4.69) is 78.9 Å². The maximum absolute atomic E-state index is 12.4. The Bertz CT molecular complexity index is 4230. The normalized spacial score (nSPS) is 13.7. The van der Waals surface area contributed by atoms with Crippen LogP contribution in [0.25, 0.3) is 0 Å². The van der Waals surface area contributed by atoms with Crippen molar-refractivity contribution < 1.29 is 369 Å². The van der Waals surface area contributed by atoms with E-state index in [-0.39, 0.29) is 383 Å². The van der Waals surface area contributed by atoms with Gasteiger partial charge in [0.25, 0.3) is 12.9 Å². The Kier molecular flexibility index (Phi) is 105. The molecule has 7 N–H and O–H groups in total. The zero-order valence-electron chi connectivity index (χ0n) is 90.4. The van der Waals surface area contributed by atoms with E-state index in [0.717, 1.165) is 47.2 Å². The number of hydrogen-bond acceptors (Lipinski definition) is 25. The van der Waals surface area contributed by atoms with Gasteiger partial charge in [-0.25, -0.2) is 43.6 Å². The summed E-state index contributed by atoms with van der Waals surface area (Å²) in [6.07, 6.45) is 9.27. The number of halogens is 3. The molecule has 2 saturated heterocycles. The van der Waals surface area contributed by atoms with Crippen molar-refractivity contribution in [3.05, 3.63) is 260 Å². The van der Waals surface area contributed by atoms with Gasteiger partial charge in [-0.15, -0.1) is 24.8 Å². The first-order valence-electron chi connectivity index (χ1n) is 42.3. The van der Waals surface area contributed by atoms with E-state index in [9.17, 15) is 43.5 Å². The fraction of sp³-hybridized carbons (Fsp3) is 0.470. The second-order valence-corrected chi connectivity index (χ2v) is 35.8. The maximum Gasteiger partial charge on any atom is 2.00 e. The summed E-state index contributed by atoms with van der Waals surface area (Å²) in [5.41, 5.74) is 6.34. The molecule has 3 radical (unpaired) electrons. The number of amides is 4. The third-order valence-corrected chi connectivity index (χ3v) is 18.6. The smallest absolute Gasteiger partial charge is 1.00 e. The molecular weight excluding hydrogens is 2020 g/mol. The Labute approximate surface area is 1060 Å². The minimum absolute atomic E-state index is 0. The average Bonchev–Trinajstić information content (AvgIpc) is 0.776. The van der Waals surface area contributed by atoms with Crippen LogP contribution in [-0.2, 0) is 59.9 Å². The number of nitrogens with one attached hydrogen (secondary N) is 1. The van der Waals surface area contributed by atoms with Crippen LogP contribution in [0.1, 0.15) is 241 Å². The van der Waals surface area contributed by atoms with E-state index in [1.54, 1.807) is 49.9 Å². The molecule has 0 bridgehead atoms. The van der Waals surface area contributed by atoms with Gasteiger partial charge in [-0.1, -0.05) is 194 Å². The molecule has 139 heavy (non-hydrogen) atoms. The van der Waals surface area contributed by atoms with Crippen molar-refractivity contribution in [2.45, 2.75) is 239 Å². The Hall–Kier alpha value is -1.97. The summed E-state index contributed by atoms with van der Waals surface area (Å²) in [4.78, 5) is 122. The summed E-state index contributed by atoms with van der Waals surface area (Å²) in [5, 5.41) is 52.3. The molecule has 4 amide bonds. The molecule has 0 saturated carbocycles. The third kappa shape index (κ3) is 75.4. The standard InChI is InChI=1S/C18H27NO3.C17H25NO3.C17H23NO2.C15H21NO3.C13H19NO.C9H9ClO.C4H11N.C3H5.C2H3ClO2.2CH2O3.B.BrH.4K.Mg.Na.H2O2.3H/c1-6-12-18(21,15-10-8-7-9-11-15)13-14-19(16(20)22-5)17(2,3)4;1-16(2,3)18-12-11-17(10-7-13-19,21-15(18)20)14-8-5-4-6-9-14;1-5-11-17(14-9-7-6-8-10-14)12-13-18(15(19)20-17)16(2,3)4;1-15(2,3)16(14(18)19-4)11-10-13(17)12-8-6-5-7-9-12;1-13(2,3)14-10-9-12(15)11-7-5-4-6-8-11;10-7-6-9(11)8-4-2-1-3-5-8;1-4(2,3)5;1-3-2;1-5-2(3)4;2*2-1-4-3;;;;;;;;;1-2;;;/h6-11,21H,1,12-14H2,2-5H3;4-6,8-9,19H,7,10-13H2,1-3H3;5-10H,1,11-13H2,2-4H3;5-9H,10-11H2,1-4H3;4-8,14H,9-10H2,1-3H3;1-5H,6-7H2;5H2,1-3H3;3H,1-2H2;1H3;2*1,3H;;1H;;;;;;;1-2H;;;/q;;;;;;;-1;;;;;;4*+1;+2;+1;;3*-1/p-3. The molecule has 8 rings (SSSR count). The van der Waals surface area contributed by atoms with Crippen molar-refractivity contribution in [2.75, 3.05) is 66.5 Å². The van der Waals surface area contributed by atoms with Crippen molar-refractivity contribution in [3.63, 3.8) is 0 Å². The molecule has 2 fully saturated rings. The molecule has 749 valence electrons. The fourth-order valence-electron chi connectivity index (χ4n) is 12.0. The average molecular weight is 2170 g/mol. The number of nitrogens with zero attached hydrogens (tertiary/aromatic N) is 4. The summed E-state index contributed by atoms with van der Waals surface area (Å²) in [5.74, 6) is 0.736. The SMILES string of the molecule is C=CCC(O)(CCN(C(=O)OC)C(C)(C)C)c1ccccc1.C=CCC1(c2ccccc2)CCN(C(C)(C)C)C(=O)O1.C=C[CH2-].CC(C)(C)N.CC(C)(C)N1CCC(CCCO)(c2ccccc2)OC1=O.CC(C)(C)NCCC(=O)c1ccccc1.COC(=O)Cl.COC(=O)N(CCC(=O)c1ccccc1)C(C)(C)C.O=C(CCCl)c1ccccc1.O=CO[O-].O=CO[O-].OO.[B].[Br-].[H-].[H-].[H-].[K+].[K+].[K+].[K+].[Mg+2].[Na+]. The van der Waals surface area contributed by atoms with Crippen LogP contribution in [0.2, 0.25) is 0 Å². The van der Waals surface area contributed by atoms with E-state index in [4.69, 9.17) is 72.0 Å². The maximum atomic E-state index is 12.4. The first-order valence-corrected chi connectivity index (χ1v) is 43.2. The number of ketones is 3. The van der Waals surface area contributed by atoms with Crippen LogP contribution in [0.5, 0.6) is 0 Å². The molecule has 2 aliphatic rings. The summed E-state index contributed by atoms with van der Waals surface area (Å²) >= 11 is 10.0. The van der Waals surface area contributed by atoms with Gasteiger partial charge in [-0.05, 0) is 167 Å². The second kappa shape index (κ2) is 90.0. The fourth-order valence-corrected chi connectivity index (χ4v) is 12.2. The van der Waals surface area contributed by atoms with E-state index in [1.807, 2.05) is 268 Å². The third-order valence-electron chi connectivity index (χ3n) is 18.3. The van der Waals surface area contributed by atoms with Crippen LogP contribution < -0.4 is 274 Å². The van der Waals surface area contributed by atoms with Crippen LogP contribution in [0.4, 0.5) is 24.0 Å². The predicted molar refractivity (Wildman–Crippen MR) is 527 cm³/mol. The number of carbonyl (C=O) groups excluding carboxylic acids is 10. The van der Waals surface area contributed by atoms with Gasteiger partial charge < -0.3 is 106 Å². The summed E-state index contributed by atoms with van der Waals surface area (Å²) < 4.78 is 25.2. The zero-order chi connectivity index (χ0) is 101. The number of rotatable bonds is 26. The van der Waals surface area contributed by atoms with Gasteiger partial charge in [0.1, 0.15) is 11.2 Å². The molecular formula is C100H150BBrCl2K4MgN6NaO23. The zero-order valence-corrected chi connectivity index (χ0v) is 106. The molecule has 29 nitrogen and oxygen atoms in total. The Balaban J connectivity index is -0.0000000994. The Morgan fingerprint density at radius 2 is 0.849 bits per heavy atom. The van der Waals surface area contributed by atoms with Gasteiger partial charge in [0.2, 0.25) is 0 Å². The van der Waals surface area contributed by atoms with Gasteiger partial charge >= 0.3 is 288 Å². The topological polar surface area (TPSA) is 413 Å². The van der Waals surface area contributed by atoms with Crippen molar-refractivity contribution in [3.8, 4) is 0 Å². The molecule has 0 aliphatic carbocycles. The summed E-state index contributed by atoms with van der Waals surface area (Å²) in [6.45, 7) is 52.5. The molecule has 0 spiro atoms. The largest absolute Gasteiger partial charge is 2.00 e. The van der Waals surface area contributed by atoms with E-state index < -0.39 is 28.3 Å². The number of Topliss-reactive ketones (excluding diaryl/α,β-unsaturated/α-hetero) is 3. The molecule has 3 atom stereocenters. The summed E-state index contributed by atoms with van der Waals surface area (Å²) in [6, 6.07) is 57.0. The molecule has 6 aromatic rings. The van der Waals surface area contributed by atoms with Crippen LogP contribution >= 0.6 is 23.2 Å². The number of allylic oxidation sites excluding steroid dienone is 1. The van der Waals surface area contributed by atoms with E-state index in [0.29, 0.717) is 82.6 Å². The van der Waals surface area contributed by atoms with E-state index in [1.165, 1.54) is 27.4 Å². The Morgan fingerprint density at radius 1 is 0.554 bits per heavy atom. The number of ether oxygens (including phenoxy) is 5. The number of methoxy groups -OCH3 is 3. The predicted octanol–water partition coefficient (Wildman–Crippen LogP) is 0.602. The van der Waals surface area contributed by atoms with Gasteiger partial charge in [-0.3, -0.25) is 34.5 Å². The first-order chi connectivity index (χ1) is 61.2. The van der Waals surface area contributed by atoms with Gasteiger partial charge in [-0.2, -0.15) is 0 Å². The second-order valence-electron chi connectivity index (χ2n) is 35.1. The van der Waals surface area contributed by atoms with Crippen molar-refractivity contribution in [1.82, 2.24) is 24.9 Å². The van der Waals surface area contributed by atoms with E-state index >= 15 is 0 Å². The van der Waals surface area contributed by atoms with Crippen LogP contribution in [-0.4, -0.2) is 232 Å². The van der Waals surface area contributed by atoms with Crippen molar-refractivity contribution >= 4 is 115 Å². The van der Waals surface area contributed by atoms with Crippen LogP contribution in [0, 0.1) is 6.92 Å². The van der Waals surface area contributed by atoms with Crippen LogP contribution in [0.15, 0.2) is 220 Å². The molecule has 2 heterocycles.